The SMILES string of the molecule is O=C(CNS(=O)(=O)c1ccccc1F)NCc1ccco1. The Morgan fingerprint density at radius 1 is 1.19 bits per heavy atom. The second-order valence-corrected chi connectivity index (χ2v) is 5.85. The molecule has 2 aromatic rings. The van der Waals surface area contributed by atoms with Crippen molar-refractivity contribution in [3.05, 3.63) is 54.2 Å². The van der Waals surface area contributed by atoms with Gasteiger partial charge < -0.3 is 9.73 Å². The summed E-state index contributed by atoms with van der Waals surface area (Å²) in [5, 5.41) is 2.47. The van der Waals surface area contributed by atoms with E-state index in [1.165, 1.54) is 18.4 Å². The van der Waals surface area contributed by atoms with Crippen LogP contribution < -0.4 is 10.0 Å². The summed E-state index contributed by atoms with van der Waals surface area (Å²) in [6.07, 6.45) is 1.46. The molecule has 0 saturated carbocycles. The second-order valence-electron chi connectivity index (χ2n) is 4.11. The molecular weight excluding hydrogens is 299 g/mol. The van der Waals surface area contributed by atoms with Crippen LogP contribution in [0.2, 0.25) is 0 Å². The number of carbonyl (C=O) groups is 1. The number of sulfonamides is 1. The molecule has 0 saturated heterocycles. The summed E-state index contributed by atoms with van der Waals surface area (Å²) in [5.74, 6) is -0.882. The molecule has 21 heavy (non-hydrogen) atoms. The minimum Gasteiger partial charge on any atom is -0.467 e. The first-order chi connectivity index (χ1) is 9.99. The second kappa shape index (κ2) is 6.51. The summed E-state index contributed by atoms with van der Waals surface area (Å²) in [6.45, 7) is -0.343. The maximum atomic E-state index is 13.4. The van der Waals surface area contributed by atoms with Crippen LogP contribution in [0.5, 0.6) is 0 Å². The monoisotopic (exact) mass is 312 g/mol. The minimum atomic E-state index is -4.07. The number of hydrogen-bond acceptors (Lipinski definition) is 4. The van der Waals surface area contributed by atoms with Gasteiger partial charge in [0.25, 0.3) is 0 Å². The molecule has 0 spiro atoms. The van der Waals surface area contributed by atoms with E-state index in [9.17, 15) is 17.6 Å². The van der Waals surface area contributed by atoms with Crippen molar-refractivity contribution in [1.82, 2.24) is 10.0 Å². The lowest BCUT2D eigenvalue weighted by Gasteiger charge is -2.07. The highest BCUT2D eigenvalue weighted by molar-refractivity contribution is 7.89. The van der Waals surface area contributed by atoms with E-state index in [-0.39, 0.29) is 6.54 Å². The standard InChI is InChI=1S/C13H13FN2O4S/c14-11-5-1-2-6-12(11)21(18,19)16-9-13(17)15-8-10-4-3-7-20-10/h1-7,16H,8-9H2,(H,15,17). The molecule has 0 aliphatic carbocycles. The number of benzene rings is 1. The molecule has 0 unspecified atom stereocenters. The minimum absolute atomic E-state index is 0.146. The van der Waals surface area contributed by atoms with Crippen LogP contribution in [-0.4, -0.2) is 20.9 Å². The van der Waals surface area contributed by atoms with E-state index in [4.69, 9.17) is 4.42 Å². The third-order valence-electron chi connectivity index (χ3n) is 2.59. The fourth-order valence-electron chi connectivity index (χ4n) is 1.56. The summed E-state index contributed by atoms with van der Waals surface area (Å²) in [5.41, 5.74) is 0. The average molecular weight is 312 g/mol. The summed E-state index contributed by atoms with van der Waals surface area (Å²) < 4.78 is 44.1. The first kappa shape index (κ1) is 15.2. The molecule has 0 bridgehead atoms. The Labute approximate surface area is 121 Å². The van der Waals surface area contributed by atoms with Gasteiger partial charge in [-0.2, -0.15) is 0 Å². The van der Waals surface area contributed by atoms with Gasteiger partial charge in [0.1, 0.15) is 16.5 Å². The Morgan fingerprint density at radius 2 is 1.95 bits per heavy atom. The van der Waals surface area contributed by atoms with Crippen LogP contribution in [0.25, 0.3) is 0 Å². The summed E-state index contributed by atoms with van der Waals surface area (Å²) in [6, 6.07) is 8.27. The smallest absolute Gasteiger partial charge is 0.243 e. The zero-order valence-corrected chi connectivity index (χ0v) is 11.7. The van der Waals surface area contributed by atoms with Gasteiger partial charge in [-0.3, -0.25) is 4.79 Å². The molecule has 1 heterocycles. The fourth-order valence-corrected chi connectivity index (χ4v) is 2.62. The highest BCUT2D eigenvalue weighted by Gasteiger charge is 2.19. The molecule has 1 amide bonds. The van der Waals surface area contributed by atoms with Gasteiger partial charge in [0.15, 0.2) is 0 Å². The Kier molecular flexibility index (Phi) is 4.71. The Bertz CT molecular complexity index is 714. The van der Waals surface area contributed by atoms with Crippen LogP contribution in [0.4, 0.5) is 4.39 Å². The molecule has 2 rings (SSSR count). The van der Waals surface area contributed by atoms with Crippen LogP contribution in [0.3, 0.4) is 0 Å². The number of furan rings is 1. The number of hydrogen-bond donors (Lipinski definition) is 2. The van der Waals surface area contributed by atoms with Gasteiger partial charge in [0.2, 0.25) is 15.9 Å². The van der Waals surface area contributed by atoms with E-state index in [0.29, 0.717) is 5.76 Å². The Hall–Kier alpha value is -2.19. The maximum absolute atomic E-state index is 13.4. The van der Waals surface area contributed by atoms with Crippen LogP contribution >= 0.6 is 0 Å². The van der Waals surface area contributed by atoms with Gasteiger partial charge in [-0.05, 0) is 24.3 Å². The molecule has 2 N–H and O–H groups in total. The van der Waals surface area contributed by atoms with Crippen molar-refractivity contribution >= 4 is 15.9 Å². The van der Waals surface area contributed by atoms with Crippen molar-refractivity contribution in [2.24, 2.45) is 0 Å². The molecule has 6 nitrogen and oxygen atoms in total. The molecule has 0 fully saturated rings. The molecule has 0 aliphatic rings. The third kappa shape index (κ3) is 4.14. The van der Waals surface area contributed by atoms with Crippen LogP contribution in [-0.2, 0) is 21.4 Å². The fraction of sp³-hybridized carbons (Fsp3) is 0.154. The number of rotatable bonds is 6. The van der Waals surface area contributed by atoms with E-state index in [1.807, 2.05) is 4.72 Å². The van der Waals surface area contributed by atoms with Crippen molar-refractivity contribution in [3.8, 4) is 0 Å². The van der Waals surface area contributed by atoms with Gasteiger partial charge in [0.05, 0.1) is 19.4 Å². The molecular formula is C13H13FN2O4S. The van der Waals surface area contributed by atoms with Gasteiger partial charge >= 0.3 is 0 Å². The predicted octanol–water partition coefficient (Wildman–Crippen LogP) is 1.01. The summed E-state index contributed by atoms with van der Waals surface area (Å²) >= 11 is 0. The molecule has 8 heteroatoms. The average Bonchev–Trinajstić information content (AvgIpc) is 2.96. The van der Waals surface area contributed by atoms with Crippen LogP contribution in [0.1, 0.15) is 5.76 Å². The number of amides is 1. The van der Waals surface area contributed by atoms with Crippen molar-refractivity contribution in [2.75, 3.05) is 6.54 Å². The van der Waals surface area contributed by atoms with E-state index in [2.05, 4.69) is 5.32 Å². The first-order valence-electron chi connectivity index (χ1n) is 6.02. The van der Waals surface area contributed by atoms with Crippen LogP contribution in [0, 0.1) is 5.82 Å². The molecule has 0 aliphatic heterocycles. The lowest BCUT2D eigenvalue weighted by molar-refractivity contribution is -0.120. The Morgan fingerprint density at radius 3 is 2.62 bits per heavy atom. The zero-order valence-electron chi connectivity index (χ0n) is 10.9. The Balaban J connectivity index is 1.90. The largest absolute Gasteiger partial charge is 0.467 e. The topological polar surface area (TPSA) is 88.4 Å². The van der Waals surface area contributed by atoms with Crippen molar-refractivity contribution in [1.29, 1.82) is 0 Å². The molecule has 0 atom stereocenters. The zero-order chi connectivity index (χ0) is 15.3. The van der Waals surface area contributed by atoms with E-state index < -0.39 is 33.2 Å². The molecule has 1 aromatic carbocycles. The highest BCUT2D eigenvalue weighted by atomic mass is 32.2. The highest BCUT2D eigenvalue weighted by Crippen LogP contribution is 2.12. The predicted molar refractivity (Wildman–Crippen MR) is 72.1 cm³/mol. The molecule has 1 aromatic heterocycles. The van der Waals surface area contributed by atoms with Gasteiger partial charge in [-0.25, -0.2) is 17.5 Å². The van der Waals surface area contributed by atoms with Gasteiger partial charge in [0, 0.05) is 0 Å². The number of nitrogens with one attached hydrogen (secondary N) is 2. The quantitative estimate of drug-likeness (QED) is 0.833. The van der Waals surface area contributed by atoms with Crippen molar-refractivity contribution in [2.45, 2.75) is 11.4 Å². The van der Waals surface area contributed by atoms with Gasteiger partial charge in [-0.1, -0.05) is 12.1 Å². The maximum Gasteiger partial charge on any atom is 0.243 e. The lowest BCUT2D eigenvalue weighted by Crippen LogP contribution is -2.36. The van der Waals surface area contributed by atoms with Gasteiger partial charge in [-0.15, -0.1) is 0 Å². The van der Waals surface area contributed by atoms with E-state index in [0.717, 1.165) is 12.1 Å². The lowest BCUT2D eigenvalue weighted by atomic mass is 10.4. The first-order valence-corrected chi connectivity index (χ1v) is 7.50. The van der Waals surface area contributed by atoms with E-state index in [1.54, 1.807) is 12.1 Å². The number of halogens is 1. The van der Waals surface area contributed by atoms with Crippen molar-refractivity contribution in [3.63, 3.8) is 0 Å². The van der Waals surface area contributed by atoms with Crippen LogP contribution in [0.15, 0.2) is 52.0 Å². The summed E-state index contributed by atoms with van der Waals surface area (Å²) in [7, 11) is -4.07. The normalized spacial score (nSPS) is 11.3. The molecule has 0 radical (unpaired) electrons. The van der Waals surface area contributed by atoms with Crippen molar-refractivity contribution < 1.29 is 22.0 Å². The number of carbonyl (C=O) groups excluding carboxylic acids is 1. The molecule has 112 valence electrons. The summed E-state index contributed by atoms with van der Waals surface area (Å²) in [4.78, 5) is 11.0. The van der Waals surface area contributed by atoms with E-state index >= 15 is 0 Å². The third-order valence-corrected chi connectivity index (χ3v) is 4.02.